The van der Waals surface area contributed by atoms with Crippen LogP contribution in [0.2, 0.25) is 0 Å². The number of nitrogens with zero attached hydrogens (tertiary/aromatic N) is 5. The fraction of sp³-hybridized carbons (Fsp3) is 0.609. The molecule has 2 aromatic rings. The standard InChI is InChI=1S/C23H31F3N6O4S2/c1-5-6-7-10-32-11-8-9-15-12-16(17(13-18(15)32)31-38(34,35)14-23(24,25)26)27-29-21-30-28-19(37-21)20(33)36-22(2,3)4/h12-13,31H,5-11,14H2,1-4H3. The highest BCUT2D eigenvalue weighted by molar-refractivity contribution is 7.92. The minimum Gasteiger partial charge on any atom is -0.455 e. The molecule has 0 fully saturated rings. The van der Waals surface area contributed by atoms with E-state index in [4.69, 9.17) is 4.74 Å². The molecule has 2 heterocycles. The minimum atomic E-state index is -4.92. The van der Waals surface area contributed by atoms with Crippen LogP contribution in [0.15, 0.2) is 22.4 Å². The van der Waals surface area contributed by atoms with Gasteiger partial charge in [0.15, 0.2) is 5.75 Å². The van der Waals surface area contributed by atoms with E-state index in [0.717, 1.165) is 61.4 Å². The Bertz CT molecular complexity index is 1270. The molecule has 1 aromatic heterocycles. The first-order valence-electron chi connectivity index (χ1n) is 12.1. The molecule has 38 heavy (non-hydrogen) atoms. The summed E-state index contributed by atoms with van der Waals surface area (Å²) in [6.45, 7) is 8.70. The number of anilines is 2. The summed E-state index contributed by atoms with van der Waals surface area (Å²) >= 11 is 0.815. The molecule has 0 spiro atoms. The summed E-state index contributed by atoms with van der Waals surface area (Å²) in [5.74, 6) is -2.72. The zero-order valence-electron chi connectivity index (χ0n) is 21.6. The second kappa shape index (κ2) is 11.9. The number of alkyl halides is 3. The second-order valence-electron chi connectivity index (χ2n) is 9.86. The molecule has 0 aliphatic carbocycles. The van der Waals surface area contributed by atoms with Crippen molar-refractivity contribution in [3.8, 4) is 0 Å². The zero-order chi connectivity index (χ0) is 28.1. The van der Waals surface area contributed by atoms with Gasteiger partial charge in [-0.3, -0.25) is 4.72 Å². The number of fused-ring (bicyclic) bond motifs is 1. The number of unbranched alkanes of at least 4 members (excludes halogenated alkanes) is 2. The maximum Gasteiger partial charge on any atom is 0.404 e. The fourth-order valence-electron chi connectivity index (χ4n) is 3.82. The number of hydrogen-bond donors (Lipinski definition) is 1. The summed E-state index contributed by atoms with van der Waals surface area (Å²) in [4.78, 5) is 14.3. The van der Waals surface area contributed by atoms with Crippen LogP contribution in [0.3, 0.4) is 0 Å². The van der Waals surface area contributed by atoms with Gasteiger partial charge in [-0.05, 0) is 57.7 Å². The van der Waals surface area contributed by atoms with Crippen molar-refractivity contribution in [3.05, 3.63) is 22.7 Å². The van der Waals surface area contributed by atoms with Gasteiger partial charge in [-0.15, -0.1) is 20.4 Å². The zero-order valence-corrected chi connectivity index (χ0v) is 23.3. The molecular formula is C23H31F3N6O4S2. The van der Waals surface area contributed by atoms with Crippen LogP contribution in [0.1, 0.15) is 68.7 Å². The fourth-order valence-corrected chi connectivity index (χ4v) is 5.37. The Hall–Kier alpha value is -2.81. The van der Waals surface area contributed by atoms with Crippen molar-refractivity contribution in [1.29, 1.82) is 0 Å². The summed E-state index contributed by atoms with van der Waals surface area (Å²) < 4.78 is 70.5. The lowest BCUT2D eigenvalue weighted by Gasteiger charge is -2.32. The molecule has 0 radical (unpaired) electrons. The van der Waals surface area contributed by atoms with E-state index >= 15 is 0 Å². The topological polar surface area (TPSA) is 126 Å². The van der Waals surface area contributed by atoms with Crippen molar-refractivity contribution < 1.29 is 31.1 Å². The van der Waals surface area contributed by atoms with E-state index in [9.17, 15) is 26.4 Å². The number of hydrogen-bond acceptors (Lipinski definition) is 10. The summed E-state index contributed by atoms with van der Waals surface area (Å²) in [6.07, 6.45) is -0.369. The summed E-state index contributed by atoms with van der Waals surface area (Å²) in [6, 6.07) is 3.13. The molecule has 210 valence electrons. The molecule has 0 saturated heterocycles. The number of azo groups is 1. The summed E-state index contributed by atoms with van der Waals surface area (Å²) in [7, 11) is -4.77. The molecule has 3 rings (SSSR count). The van der Waals surface area contributed by atoms with Crippen molar-refractivity contribution in [1.82, 2.24) is 10.2 Å². The lowest BCUT2D eigenvalue weighted by Crippen LogP contribution is -2.31. The van der Waals surface area contributed by atoms with Crippen LogP contribution >= 0.6 is 11.3 Å². The third kappa shape index (κ3) is 8.89. The Balaban J connectivity index is 1.94. The van der Waals surface area contributed by atoms with E-state index < -0.39 is 33.5 Å². The largest absolute Gasteiger partial charge is 0.455 e. The van der Waals surface area contributed by atoms with Gasteiger partial charge in [-0.2, -0.15) is 13.2 Å². The van der Waals surface area contributed by atoms with Crippen molar-refractivity contribution in [2.75, 3.05) is 28.5 Å². The number of aryl methyl sites for hydroxylation is 1. The van der Waals surface area contributed by atoms with Crippen LogP contribution in [-0.4, -0.2) is 55.2 Å². The number of carbonyl (C=O) groups excluding carboxylic acids is 1. The molecule has 1 aliphatic heterocycles. The van der Waals surface area contributed by atoms with E-state index in [0.29, 0.717) is 6.42 Å². The number of carbonyl (C=O) groups is 1. The lowest BCUT2D eigenvalue weighted by atomic mass is 9.99. The summed E-state index contributed by atoms with van der Waals surface area (Å²) in [5, 5.41) is 15.5. The molecule has 15 heteroatoms. The molecule has 0 bridgehead atoms. The molecule has 1 N–H and O–H groups in total. The number of sulfonamides is 1. The molecule has 0 unspecified atom stereocenters. The van der Waals surface area contributed by atoms with Crippen LogP contribution in [0, 0.1) is 0 Å². The highest BCUT2D eigenvalue weighted by atomic mass is 32.2. The maximum absolute atomic E-state index is 12.9. The van der Waals surface area contributed by atoms with Gasteiger partial charge in [-0.1, -0.05) is 31.1 Å². The van der Waals surface area contributed by atoms with E-state index in [1.807, 2.05) is 4.72 Å². The third-order valence-electron chi connectivity index (χ3n) is 5.29. The average molecular weight is 577 g/mol. The molecule has 1 aliphatic rings. The Kier molecular flexibility index (Phi) is 9.34. The number of benzene rings is 1. The van der Waals surface area contributed by atoms with Gasteiger partial charge in [0.2, 0.25) is 15.0 Å². The maximum atomic E-state index is 12.9. The molecule has 10 nitrogen and oxygen atoms in total. The van der Waals surface area contributed by atoms with Gasteiger partial charge in [-0.25, -0.2) is 13.2 Å². The normalized spacial score (nSPS) is 14.6. The number of aromatic nitrogens is 2. The molecule has 0 atom stereocenters. The molecule has 0 amide bonds. The van der Waals surface area contributed by atoms with E-state index in [-0.39, 0.29) is 21.5 Å². The Morgan fingerprint density at radius 1 is 1.18 bits per heavy atom. The minimum absolute atomic E-state index is 0.00568. The van der Waals surface area contributed by atoms with Gasteiger partial charge < -0.3 is 9.64 Å². The van der Waals surface area contributed by atoms with Crippen LogP contribution < -0.4 is 9.62 Å². The highest BCUT2D eigenvalue weighted by Crippen LogP contribution is 2.39. The number of nitrogens with one attached hydrogen (secondary N) is 1. The van der Waals surface area contributed by atoms with Crippen LogP contribution in [-0.2, 0) is 21.2 Å². The Morgan fingerprint density at radius 3 is 2.58 bits per heavy atom. The smallest absolute Gasteiger partial charge is 0.404 e. The van der Waals surface area contributed by atoms with Crippen molar-refractivity contribution in [3.63, 3.8) is 0 Å². The van der Waals surface area contributed by atoms with Crippen LogP contribution in [0.25, 0.3) is 0 Å². The monoisotopic (exact) mass is 576 g/mol. The number of esters is 1. The third-order valence-corrected chi connectivity index (χ3v) is 7.32. The van der Waals surface area contributed by atoms with E-state index in [2.05, 4.69) is 32.2 Å². The molecule has 1 aromatic carbocycles. The van der Waals surface area contributed by atoms with Crippen LogP contribution in [0.4, 0.5) is 35.4 Å². The lowest BCUT2D eigenvalue weighted by molar-refractivity contribution is -0.106. The van der Waals surface area contributed by atoms with Gasteiger partial charge in [0, 0.05) is 18.8 Å². The number of halogens is 3. The van der Waals surface area contributed by atoms with Gasteiger partial charge in [0.25, 0.3) is 5.13 Å². The van der Waals surface area contributed by atoms with Gasteiger partial charge >= 0.3 is 12.1 Å². The molecule has 0 saturated carbocycles. The van der Waals surface area contributed by atoms with Crippen molar-refractivity contribution in [2.24, 2.45) is 10.2 Å². The highest BCUT2D eigenvalue weighted by Gasteiger charge is 2.35. The van der Waals surface area contributed by atoms with Gasteiger partial charge in [0.1, 0.15) is 11.3 Å². The van der Waals surface area contributed by atoms with Crippen molar-refractivity contribution >= 4 is 49.5 Å². The predicted octanol–water partition coefficient (Wildman–Crippen LogP) is 6.16. The van der Waals surface area contributed by atoms with E-state index in [1.54, 1.807) is 26.8 Å². The van der Waals surface area contributed by atoms with E-state index in [1.165, 1.54) is 6.07 Å². The number of ether oxygens (including phenoxy) is 1. The first kappa shape index (κ1) is 29.7. The molecular weight excluding hydrogens is 545 g/mol. The first-order valence-corrected chi connectivity index (χ1v) is 14.6. The average Bonchev–Trinajstić information content (AvgIpc) is 3.24. The second-order valence-corrected chi connectivity index (χ2v) is 12.5. The quantitative estimate of drug-likeness (QED) is 0.204. The van der Waals surface area contributed by atoms with Crippen LogP contribution in [0.5, 0.6) is 0 Å². The predicted molar refractivity (Wildman–Crippen MR) is 139 cm³/mol. The summed E-state index contributed by atoms with van der Waals surface area (Å²) in [5.41, 5.74) is 0.793. The van der Waals surface area contributed by atoms with Gasteiger partial charge in [0.05, 0.1) is 5.69 Å². The SMILES string of the molecule is CCCCCN1CCCc2cc(N=Nc3nnc(C(=O)OC(C)(C)C)s3)c(NS(=O)(=O)CC(F)(F)F)cc21. The Morgan fingerprint density at radius 2 is 1.92 bits per heavy atom. The Labute approximate surface area is 223 Å². The van der Waals surface area contributed by atoms with Crippen molar-refractivity contribution in [2.45, 2.75) is 71.6 Å². The first-order chi connectivity index (χ1) is 17.7. The number of rotatable bonds is 10.